The average molecular weight is 394 g/mol. The van der Waals surface area contributed by atoms with Gasteiger partial charge in [-0.15, -0.1) is 21.5 Å². The standard InChI is InChI=1S/C16H19N5OS3/c1-9-10(2)23-14-13(9)15(25-16-20-19-11(3)24-16)18-12(17-14)8-21-4-6-22-7-5-21/h4-8H2,1-3H3. The first-order valence-electron chi connectivity index (χ1n) is 8.15. The molecule has 1 fully saturated rings. The third kappa shape index (κ3) is 3.70. The van der Waals surface area contributed by atoms with E-state index in [4.69, 9.17) is 14.7 Å². The molecule has 6 nitrogen and oxygen atoms in total. The van der Waals surface area contributed by atoms with E-state index in [-0.39, 0.29) is 0 Å². The lowest BCUT2D eigenvalue weighted by Crippen LogP contribution is -2.36. The van der Waals surface area contributed by atoms with Crippen LogP contribution >= 0.6 is 34.4 Å². The smallest absolute Gasteiger partial charge is 0.180 e. The van der Waals surface area contributed by atoms with E-state index in [0.717, 1.165) is 63.3 Å². The quantitative estimate of drug-likeness (QED) is 0.629. The van der Waals surface area contributed by atoms with Crippen molar-refractivity contribution >= 4 is 44.7 Å². The van der Waals surface area contributed by atoms with Crippen LogP contribution in [0.15, 0.2) is 9.37 Å². The monoisotopic (exact) mass is 393 g/mol. The molecule has 132 valence electrons. The molecule has 0 atom stereocenters. The Morgan fingerprint density at radius 2 is 1.88 bits per heavy atom. The summed E-state index contributed by atoms with van der Waals surface area (Å²) in [4.78, 5) is 14.4. The first-order chi connectivity index (χ1) is 12.1. The fourth-order valence-electron chi connectivity index (χ4n) is 2.76. The number of aryl methyl sites for hydroxylation is 3. The van der Waals surface area contributed by atoms with Crippen LogP contribution in [0.5, 0.6) is 0 Å². The number of thiophene rings is 1. The molecule has 0 N–H and O–H groups in total. The first-order valence-corrected chi connectivity index (χ1v) is 10.6. The zero-order valence-electron chi connectivity index (χ0n) is 14.4. The first kappa shape index (κ1) is 17.3. The van der Waals surface area contributed by atoms with Gasteiger partial charge >= 0.3 is 0 Å². The van der Waals surface area contributed by atoms with Gasteiger partial charge < -0.3 is 4.74 Å². The summed E-state index contributed by atoms with van der Waals surface area (Å²) in [5, 5.41) is 11.5. The summed E-state index contributed by atoms with van der Waals surface area (Å²) in [6, 6.07) is 0. The van der Waals surface area contributed by atoms with Gasteiger partial charge in [-0.2, -0.15) is 0 Å². The van der Waals surface area contributed by atoms with Gasteiger partial charge in [-0.1, -0.05) is 11.3 Å². The Morgan fingerprint density at radius 1 is 1.08 bits per heavy atom. The third-order valence-corrected chi connectivity index (χ3v) is 7.18. The maximum Gasteiger partial charge on any atom is 0.180 e. The van der Waals surface area contributed by atoms with E-state index in [1.54, 1.807) is 34.4 Å². The Hall–Kier alpha value is -1.13. The Bertz CT molecular complexity index is 901. The van der Waals surface area contributed by atoms with Crippen LogP contribution in [-0.4, -0.2) is 51.4 Å². The summed E-state index contributed by atoms with van der Waals surface area (Å²) in [5.74, 6) is 0.874. The minimum Gasteiger partial charge on any atom is -0.379 e. The highest BCUT2D eigenvalue weighted by atomic mass is 32.2. The highest BCUT2D eigenvalue weighted by molar-refractivity contribution is 8.01. The third-order valence-electron chi connectivity index (χ3n) is 4.20. The van der Waals surface area contributed by atoms with E-state index < -0.39 is 0 Å². The maximum absolute atomic E-state index is 5.43. The van der Waals surface area contributed by atoms with Crippen molar-refractivity contribution in [1.82, 2.24) is 25.1 Å². The summed E-state index contributed by atoms with van der Waals surface area (Å²) in [7, 11) is 0. The fourth-order valence-corrected chi connectivity index (χ4v) is 5.80. The molecule has 25 heavy (non-hydrogen) atoms. The van der Waals surface area contributed by atoms with E-state index in [0.29, 0.717) is 0 Å². The average Bonchev–Trinajstić information content (AvgIpc) is 3.12. The van der Waals surface area contributed by atoms with E-state index in [2.05, 4.69) is 28.9 Å². The van der Waals surface area contributed by atoms with Gasteiger partial charge in [0.15, 0.2) is 4.34 Å². The van der Waals surface area contributed by atoms with Crippen LogP contribution < -0.4 is 0 Å². The molecule has 4 heterocycles. The molecule has 0 spiro atoms. The fraction of sp³-hybridized carbons (Fsp3) is 0.500. The van der Waals surface area contributed by atoms with Crippen LogP contribution in [0.2, 0.25) is 0 Å². The van der Waals surface area contributed by atoms with Crippen molar-refractivity contribution in [3.05, 3.63) is 21.3 Å². The number of ether oxygens (including phenoxy) is 1. The molecule has 3 aromatic heterocycles. The number of nitrogens with zero attached hydrogens (tertiary/aromatic N) is 5. The van der Waals surface area contributed by atoms with Crippen LogP contribution in [0.4, 0.5) is 0 Å². The summed E-state index contributed by atoms with van der Waals surface area (Å²) in [6.45, 7) is 10.5. The molecule has 0 aromatic carbocycles. The summed E-state index contributed by atoms with van der Waals surface area (Å²) in [5.41, 5.74) is 1.27. The molecule has 0 amide bonds. The molecule has 0 unspecified atom stereocenters. The second-order valence-corrected chi connectivity index (χ2v) is 9.61. The van der Waals surface area contributed by atoms with Crippen molar-refractivity contribution in [3.8, 4) is 0 Å². The summed E-state index contributed by atoms with van der Waals surface area (Å²) < 4.78 is 6.36. The molecule has 1 saturated heterocycles. The maximum atomic E-state index is 5.43. The molecular weight excluding hydrogens is 374 g/mol. The molecule has 1 aliphatic heterocycles. The second kappa shape index (κ2) is 7.24. The molecule has 1 aliphatic rings. The van der Waals surface area contributed by atoms with Gasteiger partial charge in [0.05, 0.1) is 19.8 Å². The van der Waals surface area contributed by atoms with E-state index in [1.165, 1.54) is 10.4 Å². The number of hydrogen-bond acceptors (Lipinski definition) is 9. The lowest BCUT2D eigenvalue weighted by Gasteiger charge is -2.25. The molecule has 0 bridgehead atoms. The number of rotatable bonds is 4. The van der Waals surface area contributed by atoms with Crippen molar-refractivity contribution in [2.75, 3.05) is 26.3 Å². The van der Waals surface area contributed by atoms with E-state index in [9.17, 15) is 0 Å². The number of morpholine rings is 1. The van der Waals surface area contributed by atoms with E-state index in [1.807, 2.05) is 6.92 Å². The van der Waals surface area contributed by atoms with Gasteiger partial charge in [0.2, 0.25) is 0 Å². The summed E-state index contributed by atoms with van der Waals surface area (Å²) >= 11 is 4.95. The van der Waals surface area contributed by atoms with Gasteiger partial charge in [0.1, 0.15) is 20.7 Å². The largest absolute Gasteiger partial charge is 0.379 e. The van der Waals surface area contributed by atoms with E-state index >= 15 is 0 Å². The van der Waals surface area contributed by atoms with Crippen molar-refractivity contribution in [2.24, 2.45) is 0 Å². The molecule has 0 aliphatic carbocycles. The number of fused-ring (bicyclic) bond motifs is 1. The normalized spacial score (nSPS) is 16.0. The SMILES string of the molecule is Cc1nnc(Sc2nc(CN3CCOCC3)nc3sc(C)c(C)c23)s1. The van der Waals surface area contributed by atoms with Crippen LogP contribution in [0, 0.1) is 20.8 Å². The minimum atomic E-state index is 0.762. The molecule has 0 radical (unpaired) electrons. The minimum absolute atomic E-state index is 0.762. The molecule has 9 heteroatoms. The molecular formula is C16H19N5OS3. The van der Waals surface area contributed by atoms with Crippen molar-refractivity contribution in [3.63, 3.8) is 0 Å². The predicted molar refractivity (Wildman–Crippen MR) is 102 cm³/mol. The lowest BCUT2D eigenvalue weighted by atomic mass is 10.2. The zero-order valence-corrected chi connectivity index (χ0v) is 16.9. The van der Waals surface area contributed by atoms with Gasteiger partial charge in [0.25, 0.3) is 0 Å². The Morgan fingerprint density at radius 3 is 2.60 bits per heavy atom. The van der Waals surface area contributed by atoms with Gasteiger partial charge in [-0.05, 0) is 38.1 Å². The van der Waals surface area contributed by atoms with Gasteiger partial charge in [-0.25, -0.2) is 9.97 Å². The number of aromatic nitrogens is 4. The number of hydrogen-bond donors (Lipinski definition) is 0. The second-order valence-electron chi connectivity index (χ2n) is 5.99. The van der Waals surface area contributed by atoms with Crippen LogP contribution in [-0.2, 0) is 11.3 Å². The van der Waals surface area contributed by atoms with Crippen LogP contribution in [0.3, 0.4) is 0 Å². The molecule has 3 aromatic rings. The predicted octanol–water partition coefficient (Wildman–Crippen LogP) is 3.45. The van der Waals surface area contributed by atoms with Crippen LogP contribution in [0.1, 0.15) is 21.3 Å². The zero-order chi connectivity index (χ0) is 17.4. The Kier molecular flexibility index (Phi) is 5.01. The van der Waals surface area contributed by atoms with Gasteiger partial charge in [-0.3, -0.25) is 4.90 Å². The Balaban J connectivity index is 1.72. The highest BCUT2D eigenvalue weighted by Crippen LogP contribution is 2.38. The highest BCUT2D eigenvalue weighted by Gasteiger charge is 2.19. The van der Waals surface area contributed by atoms with Crippen molar-refractivity contribution in [2.45, 2.75) is 36.7 Å². The summed E-state index contributed by atoms with van der Waals surface area (Å²) in [6.07, 6.45) is 0. The molecule has 0 saturated carbocycles. The van der Waals surface area contributed by atoms with Gasteiger partial charge in [0, 0.05) is 23.4 Å². The molecule has 4 rings (SSSR count). The Labute approximate surface area is 158 Å². The van der Waals surface area contributed by atoms with Crippen molar-refractivity contribution < 1.29 is 4.74 Å². The lowest BCUT2D eigenvalue weighted by molar-refractivity contribution is 0.0330. The van der Waals surface area contributed by atoms with Crippen LogP contribution in [0.25, 0.3) is 10.2 Å². The van der Waals surface area contributed by atoms with Crippen molar-refractivity contribution in [1.29, 1.82) is 0 Å². The topological polar surface area (TPSA) is 64.0 Å².